The first-order chi connectivity index (χ1) is 29.8. The first-order valence-electron chi connectivity index (χ1n) is 23.7. The summed E-state index contributed by atoms with van der Waals surface area (Å²) in [6.07, 6.45) is -11.9. The molecule has 0 amide bonds. The van der Waals surface area contributed by atoms with Gasteiger partial charge in [0.05, 0.1) is 38.1 Å². The van der Waals surface area contributed by atoms with Crippen molar-refractivity contribution in [3.63, 3.8) is 0 Å². The lowest BCUT2D eigenvalue weighted by Crippen LogP contribution is -2.64. The molecule has 4 aliphatic heterocycles. The Kier molecular flexibility index (Phi) is 14.4. The van der Waals surface area contributed by atoms with Gasteiger partial charge in [-0.1, -0.05) is 27.7 Å². The maximum absolute atomic E-state index is 12.0. The molecule has 8 rings (SSSR count). The van der Waals surface area contributed by atoms with E-state index in [1.165, 1.54) is 6.92 Å². The van der Waals surface area contributed by atoms with E-state index in [9.17, 15) is 56.2 Å². The van der Waals surface area contributed by atoms with Crippen LogP contribution in [0.1, 0.15) is 98.8 Å². The summed E-state index contributed by atoms with van der Waals surface area (Å²) in [5.74, 6) is 0.753. The molecule has 0 bridgehead atoms. The first kappa shape index (κ1) is 48.7. The summed E-state index contributed by atoms with van der Waals surface area (Å²) in [7, 11) is 0. The Morgan fingerprint density at radius 3 is 2.00 bits per heavy atom. The lowest BCUT2D eigenvalue weighted by Gasteiger charge is -2.61. The van der Waals surface area contributed by atoms with Crippen molar-refractivity contribution >= 4 is 0 Å². The van der Waals surface area contributed by atoms with Gasteiger partial charge in [0.2, 0.25) is 0 Å². The SMILES string of the molecule is C[C@@H](CC[C@@]1(O)OC2C[C@H]3[C@@H]4CCC5C[C@@H](O[C@@H]6O[C@H](CO)[C@@H](O[C@@H]7O[C@@H](C)[C@H](O)[C@@H](O)[C@H]7O)[C@H](O)[C@H]6O)CC[C@]5(C)[C@H]4CC[C@]3(C)C2[C@@H]1C)CO[C@@H]1O[C@H](CO)[C@@H](O)[C@H](O)[C@H]1O. The van der Waals surface area contributed by atoms with Crippen LogP contribution >= 0.6 is 0 Å². The van der Waals surface area contributed by atoms with E-state index in [1.54, 1.807) is 0 Å². The van der Waals surface area contributed by atoms with Crippen molar-refractivity contribution in [1.82, 2.24) is 0 Å². The van der Waals surface area contributed by atoms with Gasteiger partial charge in [-0.3, -0.25) is 0 Å². The van der Waals surface area contributed by atoms with E-state index in [4.69, 9.17) is 33.2 Å². The van der Waals surface area contributed by atoms with Crippen LogP contribution in [0.15, 0.2) is 0 Å². The number of hydrogen-bond acceptors (Lipinski definition) is 18. The third-order valence-corrected chi connectivity index (χ3v) is 17.9. The molecule has 3 unspecified atom stereocenters. The molecule has 4 heterocycles. The Bertz CT molecular complexity index is 1540. The summed E-state index contributed by atoms with van der Waals surface area (Å²) in [6.45, 7) is 9.55. The molecule has 18 heteroatoms. The lowest BCUT2D eigenvalue weighted by atomic mass is 9.44. The van der Waals surface area contributed by atoms with Gasteiger partial charge in [0.1, 0.15) is 67.1 Å². The molecule has 0 spiro atoms. The zero-order chi connectivity index (χ0) is 45.5. The fourth-order valence-electron chi connectivity index (χ4n) is 14.1. The molecule has 8 aliphatic rings. The van der Waals surface area contributed by atoms with E-state index in [1.807, 2.05) is 6.92 Å². The molecule has 0 aromatic heterocycles. The van der Waals surface area contributed by atoms with Gasteiger partial charge in [-0.2, -0.15) is 0 Å². The van der Waals surface area contributed by atoms with Crippen LogP contribution in [0.4, 0.5) is 0 Å². The molecule has 364 valence electrons. The zero-order valence-corrected chi connectivity index (χ0v) is 37.3. The smallest absolute Gasteiger partial charge is 0.187 e. The normalized spacial score (nSPS) is 56.3. The van der Waals surface area contributed by atoms with E-state index in [-0.39, 0.29) is 47.4 Å². The fraction of sp³-hybridized carbons (Fsp3) is 1.00. The number of aliphatic hydroxyl groups is 11. The van der Waals surface area contributed by atoms with Crippen LogP contribution in [0.5, 0.6) is 0 Å². The second kappa shape index (κ2) is 18.6. The van der Waals surface area contributed by atoms with Gasteiger partial charge in [-0.25, -0.2) is 0 Å². The van der Waals surface area contributed by atoms with Crippen molar-refractivity contribution in [2.75, 3.05) is 19.8 Å². The highest BCUT2D eigenvalue weighted by Gasteiger charge is 2.68. The molecule has 4 saturated carbocycles. The van der Waals surface area contributed by atoms with Crippen LogP contribution in [0.3, 0.4) is 0 Å². The average molecular weight is 905 g/mol. The fourth-order valence-corrected chi connectivity index (χ4v) is 14.1. The van der Waals surface area contributed by atoms with E-state index >= 15 is 0 Å². The quantitative estimate of drug-likeness (QED) is 0.107. The van der Waals surface area contributed by atoms with Gasteiger partial charge in [-0.05, 0) is 111 Å². The van der Waals surface area contributed by atoms with Gasteiger partial charge >= 0.3 is 0 Å². The van der Waals surface area contributed by atoms with Gasteiger partial charge in [0.25, 0.3) is 0 Å². The Morgan fingerprint density at radius 1 is 0.651 bits per heavy atom. The molecule has 4 aliphatic carbocycles. The highest BCUT2D eigenvalue weighted by Crippen LogP contribution is 2.71. The third-order valence-electron chi connectivity index (χ3n) is 17.9. The van der Waals surface area contributed by atoms with Crippen LogP contribution < -0.4 is 0 Å². The summed E-state index contributed by atoms with van der Waals surface area (Å²) < 4.78 is 41.7. The number of aliphatic hydroxyl groups excluding tert-OH is 10. The van der Waals surface area contributed by atoms with Gasteiger partial charge in [0.15, 0.2) is 24.7 Å². The molecule has 0 aromatic carbocycles. The molecule has 11 N–H and O–H groups in total. The minimum absolute atomic E-state index is 0.0255. The molecule has 63 heavy (non-hydrogen) atoms. The lowest BCUT2D eigenvalue weighted by molar-refractivity contribution is -0.361. The largest absolute Gasteiger partial charge is 0.394 e. The summed E-state index contributed by atoms with van der Waals surface area (Å²) in [4.78, 5) is 0. The van der Waals surface area contributed by atoms with Gasteiger partial charge in [0, 0.05) is 12.3 Å². The molecule has 27 atom stereocenters. The van der Waals surface area contributed by atoms with Gasteiger partial charge in [-0.15, -0.1) is 0 Å². The van der Waals surface area contributed by atoms with E-state index in [0.29, 0.717) is 36.5 Å². The number of rotatable bonds is 12. The molecule has 0 aromatic rings. The number of fused-ring (bicyclic) bond motifs is 7. The second-order valence-electron chi connectivity index (χ2n) is 21.4. The Balaban J connectivity index is 0.836. The maximum atomic E-state index is 12.0. The molecule has 0 radical (unpaired) electrons. The Labute approximate surface area is 369 Å². The molecule has 8 fully saturated rings. The van der Waals surface area contributed by atoms with Crippen LogP contribution in [-0.4, -0.2) is 186 Å². The van der Waals surface area contributed by atoms with Gasteiger partial charge < -0.3 is 89.3 Å². The molecular weight excluding hydrogens is 828 g/mol. The minimum Gasteiger partial charge on any atom is -0.394 e. The molecule has 4 saturated heterocycles. The van der Waals surface area contributed by atoms with Crippen molar-refractivity contribution in [2.24, 2.45) is 52.3 Å². The average Bonchev–Trinajstić information content (AvgIpc) is 3.70. The van der Waals surface area contributed by atoms with Crippen LogP contribution in [0.2, 0.25) is 0 Å². The van der Waals surface area contributed by atoms with Crippen molar-refractivity contribution < 1.29 is 89.3 Å². The topological polar surface area (TPSA) is 287 Å². The molecule has 18 nitrogen and oxygen atoms in total. The highest BCUT2D eigenvalue weighted by molar-refractivity contribution is 5.15. The van der Waals surface area contributed by atoms with Crippen molar-refractivity contribution in [1.29, 1.82) is 0 Å². The number of hydrogen-bond donors (Lipinski definition) is 11. The van der Waals surface area contributed by atoms with Crippen molar-refractivity contribution in [3.8, 4) is 0 Å². The van der Waals surface area contributed by atoms with Crippen molar-refractivity contribution in [2.45, 2.75) is 209 Å². The second-order valence-corrected chi connectivity index (χ2v) is 21.4. The zero-order valence-electron chi connectivity index (χ0n) is 37.3. The highest BCUT2D eigenvalue weighted by atomic mass is 16.7. The Morgan fingerprint density at radius 2 is 1.29 bits per heavy atom. The van der Waals surface area contributed by atoms with E-state index in [2.05, 4.69) is 20.8 Å². The predicted molar refractivity (Wildman–Crippen MR) is 218 cm³/mol. The molecular formula is C45H76O18. The standard InChI is InChI=1S/C45H76O18/c1-19(18-57-40-36(53)34(51)32(49)28(16-46)60-40)8-13-45(56)20(2)30-27(63-45)15-26-24-7-6-22-14-23(9-11-43(22,4)25(24)10-12-44(26,30)5)59-42-38(55)35(52)39(29(17-47)61-42)62-41-37(54)33(50)31(48)21(3)58-41/h19-42,46-56H,6-18H2,1-5H3/t19-,20-,21-,22?,23-,24+,25-,26-,27?,28+,29+,30?,31-,32+,33+,34-,35+,36+,37+,38+,39+,40+,41-,42+,43-,44-,45+/m0/s1. The first-order valence-corrected chi connectivity index (χ1v) is 23.7. The number of ether oxygens (including phenoxy) is 7. The van der Waals surface area contributed by atoms with E-state index in [0.717, 1.165) is 51.4 Å². The van der Waals surface area contributed by atoms with Crippen molar-refractivity contribution in [3.05, 3.63) is 0 Å². The van der Waals surface area contributed by atoms with Crippen LogP contribution in [0.25, 0.3) is 0 Å². The van der Waals surface area contributed by atoms with Crippen LogP contribution in [-0.2, 0) is 33.2 Å². The van der Waals surface area contributed by atoms with Crippen LogP contribution in [0, 0.1) is 52.3 Å². The van der Waals surface area contributed by atoms with E-state index < -0.39 is 111 Å². The Hall–Kier alpha value is -0.720. The monoisotopic (exact) mass is 905 g/mol. The predicted octanol–water partition coefficient (Wildman–Crippen LogP) is -0.752. The minimum atomic E-state index is -1.64. The third kappa shape index (κ3) is 8.60. The summed E-state index contributed by atoms with van der Waals surface area (Å²) in [5.41, 5.74) is 0.120. The summed E-state index contributed by atoms with van der Waals surface area (Å²) >= 11 is 0. The maximum Gasteiger partial charge on any atom is 0.187 e. The summed E-state index contributed by atoms with van der Waals surface area (Å²) in [5, 5.41) is 116. The summed E-state index contributed by atoms with van der Waals surface area (Å²) in [6, 6.07) is 0.